The summed E-state index contributed by atoms with van der Waals surface area (Å²) in [6, 6.07) is 7.49. The van der Waals surface area contributed by atoms with Crippen molar-refractivity contribution in [3.8, 4) is 0 Å². The minimum absolute atomic E-state index is 0.233. The topological polar surface area (TPSA) is 35.5 Å². The zero-order valence-electron chi connectivity index (χ0n) is 17.8. The van der Waals surface area contributed by atoms with Gasteiger partial charge in [-0.25, -0.2) is 0 Å². The molecule has 0 spiro atoms. The fourth-order valence-corrected chi connectivity index (χ4v) is 3.83. The zero-order valence-corrected chi connectivity index (χ0v) is 17.8. The Bertz CT molecular complexity index is 842. The number of anilines is 1. The van der Waals surface area contributed by atoms with Crippen LogP contribution in [0.5, 0.6) is 0 Å². The number of fused-ring (bicyclic) bond motifs is 2. The van der Waals surface area contributed by atoms with Gasteiger partial charge in [-0.1, -0.05) is 41.5 Å². The molecule has 2 unspecified atom stereocenters. The van der Waals surface area contributed by atoms with Gasteiger partial charge in [-0.05, 0) is 78.5 Å². The monoisotopic (exact) mass is 378 g/mol. The summed E-state index contributed by atoms with van der Waals surface area (Å²) in [6.07, 6.45) is 13.0. The number of para-hydroxylation sites is 1. The second kappa shape index (κ2) is 8.40. The van der Waals surface area contributed by atoms with Gasteiger partial charge in [0.1, 0.15) is 11.4 Å². The van der Waals surface area contributed by atoms with E-state index in [0.29, 0.717) is 5.69 Å². The van der Waals surface area contributed by atoms with E-state index in [1.165, 1.54) is 11.1 Å². The number of allylic oxidation sites excluding steroid dienone is 4. The summed E-state index contributed by atoms with van der Waals surface area (Å²) in [7, 11) is 0. The van der Waals surface area contributed by atoms with Gasteiger partial charge >= 0.3 is 0 Å². The second-order valence-corrected chi connectivity index (χ2v) is 8.46. The van der Waals surface area contributed by atoms with Crippen molar-refractivity contribution in [3.05, 3.63) is 76.1 Å². The predicted molar refractivity (Wildman–Crippen MR) is 119 cm³/mol. The molecule has 0 saturated heterocycles. The highest BCUT2D eigenvalue weighted by molar-refractivity contribution is 5.82. The van der Waals surface area contributed by atoms with E-state index in [2.05, 4.69) is 52.0 Å². The minimum Gasteiger partial charge on any atom is -0.758 e. The summed E-state index contributed by atoms with van der Waals surface area (Å²) < 4.78 is 6.51. The summed E-state index contributed by atoms with van der Waals surface area (Å²) >= 11 is 0. The maximum atomic E-state index is 12.6. The first kappa shape index (κ1) is 20.5. The SMILES string of the molecule is CC(C)=CCCC(C)=CCCC1(C)C=CC2=C(O1)c1ccccc1N([O-])C2C. The molecule has 0 radical (unpaired) electrons. The molecule has 2 aliphatic rings. The molecule has 1 aromatic carbocycles. The second-order valence-electron chi connectivity index (χ2n) is 8.46. The van der Waals surface area contributed by atoms with Gasteiger partial charge in [-0.15, -0.1) is 0 Å². The molecule has 0 aliphatic carbocycles. The molecular weight excluding hydrogens is 346 g/mol. The van der Waals surface area contributed by atoms with Crippen molar-refractivity contribution in [2.24, 2.45) is 0 Å². The van der Waals surface area contributed by atoms with Gasteiger partial charge in [0.2, 0.25) is 0 Å². The van der Waals surface area contributed by atoms with Crippen molar-refractivity contribution in [2.75, 3.05) is 5.06 Å². The van der Waals surface area contributed by atoms with E-state index in [9.17, 15) is 5.21 Å². The molecule has 3 heteroatoms. The van der Waals surface area contributed by atoms with Crippen LogP contribution in [0.2, 0.25) is 0 Å². The summed E-state index contributed by atoms with van der Waals surface area (Å²) in [4.78, 5) is 0. The Labute approximate surface area is 169 Å². The predicted octanol–water partition coefficient (Wildman–Crippen LogP) is 6.92. The third-order valence-electron chi connectivity index (χ3n) is 5.63. The molecule has 2 heterocycles. The number of hydrogen-bond donors (Lipinski definition) is 0. The lowest BCUT2D eigenvalue weighted by Gasteiger charge is -2.46. The average Bonchev–Trinajstić information content (AvgIpc) is 2.65. The zero-order chi connectivity index (χ0) is 20.3. The first-order valence-corrected chi connectivity index (χ1v) is 10.3. The van der Waals surface area contributed by atoms with Crippen LogP contribution in [0, 0.1) is 5.21 Å². The van der Waals surface area contributed by atoms with E-state index in [-0.39, 0.29) is 11.6 Å². The van der Waals surface area contributed by atoms with E-state index in [0.717, 1.165) is 47.6 Å². The van der Waals surface area contributed by atoms with Crippen LogP contribution in [-0.2, 0) is 4.74 Å². The van der Waals surface area contributed by atoms with Crippen LogP contribution in [0.1, 0.15) is 65.9 Å². The molecule has 0 N–H and O–H groups in total. The van der Waals surface area contributed by atoms with Gasteiger partial charge in [0.25, 0.3) is 0 Å². The molecule has 150 valence electrons. The fraction of sp³-hybridized carbons (Fsp3) is 0.440. The smallest absolute Gasteiger partial charge is 0.135 e. The molecule has 1 aromatic rings. The Morgan fingerprint density at radius 1 is 1.18 bits per heavy atom. The minimum atomic E-state index is -0.354. The molecule has 0 saturated carbocycles. The Morgan fingerprint density at radius 2 is 1.93 bits per heavy atom. The lowest BCUT2D eigenvalue weighted by atomic mass is 9.89. The Morgan fingerprint density at radius 3 is 2.68 bits per heavy atom. The molecule has 0 amide bonds. The first-order valence-electron chi connectivity index (χ1n) is 10.3. The summed E-state index contributed by atoms with van der Waals surface area (Å²) in [6.45, 7) is 10.6. The summed E-state index contributed by atoms with van der Waals surface area (Å²) in [5, 5.41) is 13.7. The summed E-state index contributed by atoms with van der Waals surface area (Å²) in [5.74, 6) is 0.865. The van der Waals surface area contributed by atoms with Gasteiger partial charge in [-0.3, -0.25) is 0 Å². The largest absolute Gasteiger partial charge is 0.758 e. The number of hydroxylamine groups is 1. The Kier molecular flexibility index (Phi) is 6.14. The van der Waals surface area contributed by atoms with Crippen LogP contribution in [0.4, 0.5) is 5.69 Å². The van der Waals surface area contributed by atoms with Crippen LogP contribution < -0.4 is 5.06 Å². The third-order valence-corrected chi connectivity index (χ3v) is 5.63. The normalized spacial score (nSPS) is 23.9. The van der Waals surface area contributed by atoms with E-state index >= 15 is 0 Å². The molecule has 2 atom stereocenters. The van der Waals surface area contributed by atoms with Crippen LogP contribution in [0.15, 0.2) is 65.3 Å². The van der Waals surface area contributed by atoms with Crippen LogP contribution >= 0.6 is 0 Å². The maximum Gasteiger partial charge on any atom is 0.135 e. The van der Waals surface area contributed by atoms with Crippen molar-refractivity contribution in [2.45, 2.75) is 71.9 Å². The molecule has 3 nitrogen and oxygen atoms in total. The number of benzene rings is 1. The van der Waals surface area contributed by atoms with Crippen LogP contribution in [-0.4, -0.2) is 11.6 Å². The molecule has 2 aliphatic heterocycles. The number of hydrogen-bond acceptors (Lipinski definition) is 3. The van der Waals surface area contributed by atoms with Crippen LogP contribution in [0.25, 0.3) is 5.76 Å². The van der Waals surface area contributed by atoms with Crippen molar-refractivity contribution in [1.82, 2.24) is 0 Å². The molecule has 0 bridgehead atoms. The number of ether oxygens (including phenoxy) is 1. The number of nitrogens with zero attached hydrogens (tertiary/aromatic N) is 1. The van der Waals surface area contributed by atoms with Gasteiger partial charge in [0, 0.05) is 22.9 Å². The molecule has 0 aromatic heterocycles. The van der Waals surface area contributed by atoms with E-state index in [1.807, 2.05) is 31.2 Å². The van der Waals surface area contributed by atoms with Gasteiger partial charge < -0.3 is 15.0 Å². The van der Waals surface area contributed by atoms with Crippen molar-refractivity contribution in [1.29, 1.82) is 0 Å². The average molecular weight is 379 g/mol. The standard InChI is InChI=1S/C25H32NO2/c1-18(2)10-8-11-19(3)12-9-16-25(5)17-15-21-20(4)26(27)23-14-7-6-13-22(23)24(21)28-25/h6-7,10,12-15,17,20H,8-9,11,16H2,1-5H3/q-1. The highest BCUT2D eigenvalue weighted by Crippen LogP contribution is 2.44. The molecule has 28 heavy (non-hydrogen) atoms. The van der Waals surface area contributed by atoms with Gasteiger partial charge in [0.15, 0.2) is 0 Å². The highest BCUT2D eigenvalue weighted by Gasteiger charge is 2.34. The molecule has 0 fully saturated rings. The van der Waals surface area contributed by atoms with Gasteiger partial charge in [-0.2, -0.15) is 0 Å². The lowest BCUT2D eigenvalue weighted by molar-refractivity contribution is 0.0930. The fourth-order valence-electron chi connectivity index (χ4n) is 3.83. The van der Waals surface area contributed by atoms with E-state index in [4.69, 9.17) is 4.74 Å². The van der Waals surface area contributed by atoms with Crippen molar-refractivity contribution >= 4 is 11.4 Å². The lowest BCUT2D eigenvalue weighted by Crippen LogP contribution is -2.37. The van der Waals surface area contributed by atoms with Crippen molar-refractivity contribution in [3.63, 3.8) is 0 Å². The molecule has 3 rings (SSSR count). The Balaban J connectivity index is 1.69. The van der Waals surface area contributed by atoms with Crippen molar-refractivity contribution < 1.29 is 4.74 Å². The number of rotatable bonds is 6. The first-order chi connectivity index (χ1) is 13.3. The van der Waals surface area contributed by atoms with E-state index < -0.39 is 0 Å². The van der Waals surface area contributed by atoms with Gasteiger partial charge in [0.05, 0.1) is 0 Å². The quantitative estimate of drug-likeness (QED) is 0.504. The molecular formula is C25H32NO2-. The van der Waals surface area contributed by atoms with E-state index in [1.54, 1.807) is 0 Å². The third kappa shape index (κ3) is 4.41. The summed E-state index contributed by atoms with van der Waals surface area (Å²) in [5.41, 5.74) is 5.02. The van der Waals surface area contributed by atoms with Crippen LogP contribution in [0.3, 0.4) is 0 Å². The maximum absolute atomic E-state index is 12.6. The Hall–Kier alpha value is -2.26. The highest BCUT2D eigenvalue weighted by atomic mass is 16.5.